The zero-order valence-corrected chi connectivity index (χ0v) is 29.8. The summed E-state index contributed by atoms with van der Waals surface area (Å²) < 4.78 is 0. The number of carbonyl (C=O) groups is 1. The summed E-state index contributed by atoms with van der Waals surface area (Å²) >= 11 is 0. The van der Waals surface area contributed by atoms with Crippen molar-refractivity contribution < 1.29 is 9.90 Å². The van der Waals surface area contributed by atoms with Crippen LogP contribution in [-0.2, 0) is 0 Å². The summed E-state index contributed by atoms with van der Waals surface area (Å²) in [6.45, 7) is 42.7. The number of carbonyl (C=O) groups excluding carboxylic acids is 1. The van der Waals surface area contributed by atoms with E-state index in [0.717, 1.165) is 11.3 Å². The number of aryl methyl sites for hydroxylation is 2. The zero-order chi connectivity index (χ0) is 33.0. The van der Waals surface area contributed by atoms with Crippen molar-refractivity contribution in [3.63, 3.8) is 0 Å². The Kier molecular flexibility index (Phi) is 38.4. The van der Waals surface area contributed by atoms with Gasteiger partial charge in [-0.25, -0.2) is 0 Å². The van der Waals surface area contributed by atoms with Gasteiger partial charge in [0.1, 0.15) is 5.76 Å². The summed E-state index contributed by atoms with van der Waals surface area (Å²) in [4.78, 5) is 14.7. The van der Waals surface area contributed by atoms with Gasteiger partial charge in [0.2, 0.25) is 5.91 Å². The average Bonchev–Trinajstić information content (AvgIpc) is 2.88. The van der Waals surface area contributed by atoms with E-state index in [-0.39, 0.29) is 11.7 Å². The van der Waals surface area contributed by atoms with Crippen LogP contribution in [0.3, 0.4) is 0 Å². The van der Waals surface area contributed by atoms with E-state index in [1.807, 2.05) is 75.3 Å². The highest BCUT2D eigenvalue weighted by atomic mass is 16.3. The summed E-state index contributed by atoms with van der Waals surface area (Å²) in [5.41, 5.74) is 10.6. The smallest absolute Gasteiger partial charge is 0.248 e. The van der Waals surface area contributed by atoms with E-state index in [4.69, 9.17) is 10.8 Å². The molecule has 0 atom stereocenters. The summed E-state index contributed by atoms with van der Waals surface area (Å²) in [6, 6.07) is 5.44. The number of allylic oxidation sites excluding steroid dienone is 2. The maximum atomic E-state index is 10.7. The van der Waals surface area contributed by atoms with E-state index in [1.54, 1.807) is 19.1 Å². The Morgan fingerprint density at radius 1 is 0.846 bits per heavy atom. The topological polar surface area (TPSA) is 75.7 Å². The minimum atomic E-state index is -0.367. The van der Waals surface area contributed by atoms with Gasteiger partial charge in [-0.1, -0.05) is 122 Å². The van der Waals surface area contributed by atoms with Gasteiger partial charge in [0.25, 0.3) is 0 Å². The quantitative estimate of drug-likeness (QED) is 0.223. The first kappa shape index (κ1) is 49.6. The Hall–Kier alpha value is -2.36. The van der Waals surface area contributed by atoms with Gasteiger partial charge in [-0.05, 0) is 74.8 Å². The van der Waals surface area contributed by atoms with E-state index in [1.165, 1.54) is 24.5 Å². The third-order valence-corrected chi connectivity index (χ3v) is 4.87. The fourth-order valence-corrected chi connectivity index (χ4v) is 1.44. The highest BCUT2D eigenvalue weighted by Crippen LogP contribution is 2.16. The van der Waals surface area contributed by atoms with Gasteiger partial charge >= 0.3 is 0 Å². The zero-order valence-electron chi connectivity index (χ0n) is 29.8. The molecule has 39 heavy (non-hydrogen) atoms. The molecule has 0 radical (unpaired) electrons. The van der Waals surface area contributed by atoms with Gasteiger partial charge in [0.15, 0.2) is 0 Å². The van der Waals surface area contributed by atoms with E-state index in [2.05, 4.69) is 67.0 Å². The van der Waals surface area contributed by atoms with Crippen molar-refractivity contribution >= 4 is 11.6 Å². The molecule has 3 N–H and O–H groups in total. The summed E-state index contributed by atoms with van der Waals surface area (Å²) in [5, 5.41) is 9.03. The number of nitrogens with two attached hydrogens (primary N) is 1. The predicted octanol–water partition coefficient (Wildman–Crippen LogP) is 11.8. The Labute approximate surface area is 246 Å². The molecular formula is C35H70N2O2. The molecule has 0 aliphatic rings. The van der Waals surface area contributed by atoms with Crippen molar-refractivity contribution in [2.45, 2.75) is 144 Å². The second kappa shape index (κ2) is 30.2. The number of aliphatic hydroxyl groups is 1. The Morgan fingerprint density at radius 3 is 1.38 bits per heavy atom. The molecule has 0 heterocycles. The van der Waals surface area contributed by atoms with E-state index < -0.39 is 0 Å². The molecule has 0 fully saturated rings. The summed E-state index contributed by atoms with van der Waals surface area (Å²) in [6.07, 6.45) is 3.92. The molecule has 4 nitrogen and oxygen atoms in total. The van der Waals surface area contributed by atoms with Crippen molar-refractivity contribution in [2.24, 2.45) is 21.6 Å². The first-order chi connectivity index (χ1) is 17.8. The largest absolute Gasteiger partial charge is 0.506 e. The number of nitrogens with zero attached hydrogens (tertiary/aromatic N) is 1. The fraction of sp³-hybridized carbons (Fsp3) is 0.657. The number of primary amides is 1. The van der Waals surface area contributed by atoms with Crippen LogP contribution in [-0.4, -0.2) is 16.7 Å². The number of rotatable bonds is 3. The monoisotopic (exact) mass is 551 g/mol. The molecule has 232 valence electrons. The molecule has 0 aliphatic carbocycles. The lowest BCUT2D eigenvalue weighted by Gasteiger charge is -2.12. The number of aliphatic hydroxyl groups excluding tert-OH is 1. The van der Waals surface area contributed by atoms with Crippen molar-refractivity contribution in [2.75, 3.05) is 0 Å². The van der Waals surface area contributed by atoms with Crippen LogP contribution in [0.15, 0.2) is 47.3 Å². The molecule has 4 heteroatoms. The van der Waals surface area contributed by atoms with Crippen LogP contribution in [0.5, 0.6) is 0 Å². The van der Waals surface area contributed by atoms with Crippen LogP contribution in [0.1, 0.15) is 152 Å². The molecule has 1 rings (SSSR count). The van der Waals surface area contributed by atoms with Crippen molar-refractivity contribution in [3.05, 3.63) is 59.0 Å². The van der Waals surface area contributed by atoms with Crippen LogP contribution in [0, 0.1) is 24.7 Å². The number of amides is 1. The number of hydrogen-bond donors (Lipinski definition) is 2. The predicted molar refractivity (Wildman–Crippen MR) is 182 cm³/mol. The summed E-state index contributed by atoms with van der Waals surface area (Å²) in [7, 11) is 0. The Balaban J connectivity index is -0.0000000897. The van der Waals surface area contributed by atoms with Gasteiger partial charge in [0, 0.05) is 11.3 Å². The van der Waals surface area contributed by atoms with Crippen molar-refractivity contribution in [3.8, 4) is 0 Å². The van der Waals surface area contributed by atoms with E-state index >= 15 is 0 Å². The maximum absolute atomic E-state index is 10.7. The first-order valence-electron chi connectivity index (χ1n) is 14.7. The number of aliphatic imine (C=N–C) groups is 1. The summed E-state index contributed by atoms with van der Waals surface area (Å²) in [5.74, 6) is -0.227. The van der Waals surface area contributed by atoms with Gasteiger partial charge in [0.05, 0.1) is 5.70 Å². The highest BCUT2D eigenvalue weighted by molar-refractivity contribution is 5.93. The molecule has 0 saturated heterocycles. The second-order valence-electron chi connectivity index (χ2n) is 10.7. The van der Waals surface area contributed by atoms with Gasteiger partial charge < -0.3 is 10.8 Å². The van der Waals surface area contributed by atoms with Gasteiger partial charge in [-0.3, -0.25) is 9.79 Å². The molecule has 1 aromatic rings. The molecule has 0 saturated carbocycles. The maximum Gasteiger partial charge on any atom is 0.248 e. The van der Waals surface area contributed by atoms with Crippen LogP contribution >= 0.6 is 0 Å². The molecule has 0 aromatic heterocycles. The van der Waals surface area contributed by atoms with Crippen LogP contribution in [0.4, 0.5) is 0 Å². The third-order valence-electron chi connectivity index (χ3n) is 4.87. The molecule has 0 aliphatic heterocycles. The van der Waals surface area contributed by atoms with Crippen LogP contribution in [0.25, 0.3) is 0 Å². The van der Waals surface area contributed by atoms with Crippen LogP contribution in [0.2, 0.25) is 0 Å². The fourth-order valence-electron chi connectivity index (χ4n) is 1.44. The molecule has 1 aromatic carbocycles. The Morgan fingerprint density at radius 2 is 1.18 bits per heavy atom. The molecule has 0 spiro atoms. The lowest BCUT2D eigenvalue weighted by molar-refractivity contribution is 0.1000. The number of benzene rings is 1. The third kappa shape index (κ3) is 43.0. The molecule has 0 bridgehead atoms. The second-order valence-corrected chi connectivity index (χ2v) is 10.7. The first-order valence-corrected chi connectivity index (χ1v) is 14.7. The van der Waals surface area contributed by atoms with Crippen LogP contribution < -0.4 is 5.73 Å². The minimum absolute atomic E-state index is 0.140. The molecule has 1 amide bonds. The average molecular weight is 551 g/mol. The standard InChI is InChI=1S/C9H11NO.C8H13NO.2C6H14.3C2H6/c1-6-3-4-8(9(10)11)5-7(6)2;1-5-8(10)7(4)9-6(2)3;2*1-5-6(2,3)4;3*1-2/h3-5H,1-2H3,(H2,10,11);5,10H,1H2,2-4H3;2*5H2,1-4H3;3*1-2H3/b;8-7+;;;;;. The van der Waals surface area contributed by atoms with Crippen molar-refractivity contribution in [1.29, 1.82) is 0 Å². The van der Waals surface area contributed by atoms with E-state index in [0.29, 0.717) is 22.1 Å². The highest BCUT2D eigenvalue weighted by Gasteiger charge is 2.04. The van der Waals surface area contributed by atoms with Gasteiger partial charge in [-0.15, -0.1) is 0 Å². The van der Waals surface area contributed by atoms with Crippen molar-refractivity contribution in [1.82, 2.24) is 0 Å². The van der Waals surface area contributed by atoms with E-state index in [9.17, 15) is 4.79 Å². The SMILES string of the molecule is C=C/C(O)=C(/C)N=C(C)C.CC.CC.CC.CCC(C)(C)C.CCC(C)(C)C.Cc1ccc(C(N)=O)cc1C. The normalized spacial score (nSPS) is 9.92. The van der Waals surface area contributed by atoms with Gasteiger partial charge in [-0.2, -0.15) is 0 Å². The number of hydrogen-bond acceptors (Lipinski definition) is 3. The minimum Gasteiger partial charge on any atom is -0.506 e. The molecule has 0 unspecified atom stereocenters. The Bertz CT molecular complexity index is 757. The lowest BCUT2D eigenvalue weighted by atomic mass is 9.94. The molecular weight excluding hydrogens is 480 g/mol. The lowest BCUT2D eigenvalue weighted by Crippen LogP contribution is -2.10.